The number of ether oxygens (including phenoxy) is 1. The first kappa shape index (κ1) is 18.1. The zero-order chi connectivity index (χ0) is 17.2. The second-order valence-electron chi connectivity index (χ2n) is 6.04. The van der Waals surface area contributed by atoms with Crippen molar-refractivity contribution in [1.82, 2.24) is 5.32 Å². The zero-order valence-corrected chi connectivity index (χ0v) is 14.5. The highest BCUT2D eigenvalue weighted by molar-refractivity contribution is 9.10. The van der Waals surface area contributed by atoms with E-state index >= 15 is 0 Å². The maximum atomic E-state index is 12.7. The predicted octanol–water partition coefficient (Wildman–Crippen LogP) is 4.70. The Bertz CT molecular complexity index is 571. The van der Waals surface area contributed by atoms with Gasteiger partial charge in [-0.3, -0.25) is 4.79 Å². The average molecular weight is 394 g/mol. The lowest BCUT2D eigenvalue weighted by atomic mass is 10.1. The number of rotatable bonds is 6. The molecule has 0 heterocycles. The molecule has 1 aromatic rings. The van der Waals surface area contributed by atoms with Gasteiger partial charge >= 0.3 is 6.18 Å². The van der Waals surface area contributed by atoms with E-state index in [4.69, 9.17) is 4.74 Å². The lowest BCUT2D eigenvalue weighted by molar-refractivity contribution is -0.140. The van der Waals surface area contributed by atoms with E-state index in [1.54, 1.807) is 18.2 Å². The molecule has 1 amide bonds. The number of alkyl halides is 3. The molecule has 1 unspecified atom stereocenters. The Morgan fingerprint density at radius 2 is 2.04 bits per heavy atom. The summed E-state index contributed by atoms with van der Waals surface area (Å²) in [4.78, 5) is 12.4. The molecule has 2 rings (SSSR count). The molecule has 23 heavy (non-hydrogen) atoms. The molecule has 0 radical (unpaired) electrons. The monoisotopic (exact) mass is 393 g/mol. The minimum Gasteiger partial charge on any atom is -0.490 e. The number of nitrogens with one attached hydrogen (secondary N) is 1. The molecule has 0 aliphatic heterocycles. The molecule has 0 aromatic heterocycles. The van der Waals surface area contributed by atoms with Crippen LogP contribution >= 0.6 is 15.9 Å². The van der Waals surface area contributed by atoms with Crippen molar-refractivity contribution in [2.45, 2.75) is 51.4 Å². The van der Waals surface area contributed by atoms with Crippen molar-refractivity contribution in [1.29, 1.82) is 0 Å². The molecule has 3 nitrogen and oxygen atoms in total. The second-order valence-corrected chi connectivity index (χ2v) is 6.96. The first-order chi connectivity index (χ1) is 10.7. The van der Waals surface area contributed by atoms with E-state index in [2.05, 4.69) is 21.2 Å². The summed E-state index contributed by atoms with van der Waals surface area (Å²) in [6.07, 6.45) is -4.00. The van der Waals surface area contributed by atoms with Crippen LogP contribution in [0.3, 0.4) is 0 Å². The summed E-state index contributed by atoms with van der Waals surface area (Å²) in [5, 5.41) is 2.53. The SMILES string of the molecule is CC(C)Oc1cc(Br)ccc1C(=O)NC(CC(F)(F)F)C1CC1. The average Bonchev–Trinajstić information content (AvgIpc) is 3.19. The fourth-order valence-corrected chi connectivity index (χ4v) is 2.70. The van der Waals surface area contributed by atoms with Gasteiger partial charge in [0.1, 0.15) is 5.75 Å². The van der Waals surface area contributed by atoms with Crippen LogP contribution in [0.2, 0.25) is 0 Å². The second kappa shape index (κ2) is 7.11. The standard InChI is InChI=1S/C16H19BrF3NO2/c1-9(2)23-14-7-11(17)5-6-12(14)15(22)21-13(10-3-4-10)8-16(18,19)20/h5-7,9-10,13H,3-4,8H2,1-2H3,(H,21,22). The third-order valence-electron chi connectivity index (χ3n) is 3.51. The summed E-state index contributed by atoms with van der Waals surface area (Å²) in [5.41, 5.74) is 0.245. The van der Waals surface area contributed by atoms with E-state index in [0.29, 0.717) is 5.75 Å². The van der Waals surface area contributed by atoms with Crippen LogP contribution in [0.25, 0.3) is 0 Å². The molecule has 0 saturated heterocycles. The first-order valence-corrected chi connectivity index (χ1v) is 8.29. The highest BCUT2D eigenvalue weighted by Crippen LogP contribution is 2.38. The van der Waals surface area contributed by atoms with Crippen LogP contribution in [0, 0.1) is 5.92 Å². The molecular formula is C16H19BrF3NO2. The Hall–Kier alpha value is -1.24. The van der Waals surface area contributed by atoms with E-state index in [1.807, 2.05) is 13.8 Å². The molecule has 1 aliphatic rings. The molecule has 0 bridgehead atoms. The van der Waals surface area contributed by atoms with Gasteiger partial charge in [-0.1, -0.05) is 15.9 Å². The van der Waals surface area contributed by atoms with E-state index in [-0.39, 0.29) is 17.6 Å². The number of benzene rings is 1. The first-order valence-electron chi connectivity index (χ1n) is 7.49. The van der Waals surface area contributed by atoms with Gasteiger partial charge < -0.3 is 10.1 Å². The summed E-state index contributed by atoms with van der Waals surface area (Å²) >= 11 is 3.30. The van der Waals surface area contributed by atoms with Gasteiger partial charge in [-0.25, -0.2) is 0 Å². The molecule has 0 spiro atoms. The van der Waals surface area contributed by atoms with E-state index < -0.39 is 24.5 Å². The minimum absolute atomic E-state index is 0.0921. The van der Waals surface area contributed by atoms with Gasteiger partial charge in [-0.2, -0.15) is 13.2 Å². The fraction of sp³-hybridized carbons (Fsp3) is 0.562. The molecule has 1 saturated carbocycles. The van der Waals surface area contributed by atoms with E-state index in [1.165, 1.54) is 0 Å². The highest BCUT2D eigenvalue weighted by Gasteiger charge is 2.40. The Balaban J connectivity index is 2.15. The van der Waals surface area contributed by atoms with Gasteiger partial charge in [0.15, 0.2) is 0 Å². The largest absolute Gasteiger partial charge is 0.490 e. The van der Waals surface area contributed by atoms with Gasteiger partial charge in [0.2, 0.25) is 0 Å². The van der Waals surface area contributed by atoms with Gasteiger partial charge in [0, 0.05) is 10.5 Å². The number of hydrogen-bond donors (Lipinski definition) is 1. The van der Waals surface area contributed by atoms with Crippen LogP contribution in [-0.4, -0.2) is 24.2 Å². The van der Waals surface area contributed by atoms with Gasteiger partial charge in [0.25, 0.3) is 5.91 Å². The third kappa shape index (κ3) is 5.71. The van der Waals surface area contributed by atoms with E-state index in [9.17, 15) is 18.0 Å². The van der Waals surface area contributed by atoms with Crippen molar-refractivity contribution >= 4 is 21.8 Å². The van der Waals surface area contributed by atoms with E-state index in [0.717, 1.165) is 17.3 Å². The van der Waals surface area contributed by atoms with Crippen molar-refractivity contribution in [2.75, 3.05) is 0 Å². The number of halogens is 4. The minimum atomic E-state index is -4.29. The third-order valence-corrected chi connectivity index (χ3v) is 4.00. The molecule has 1 aromatic carbocycles. The topological polar surface area (TPSA) is 38.3 Å². The Kier molecular flexibility index (Phi) is 5.60. The Labute approximate surface area is 141 Å². The number of carbonyl (C=O) groups is 1. The van der Waals surface area contributed by atoms with Crippen molar-refractivity contribution in [3.05, 3.63) is 28.2 Å². The lowest BCUT2D eigenvalue weighted by Crippen LogP contribution is -2.39. The van der Waals surface area contributed by atoms with Crippen LogP contribution < -0.4 is 10.1 Å². The van der Waals surface area contributed by atoms with Gasteiger partial charge in [-0.05, 0) is 50.8 Å². The zero-order valence-electron chi connectivity index (χ0n) is 12.9. The molecular weight excluding hydrogens is 375 g/mol. The van der Waals surface area contributed by atoms with Crippen molar-refractivity contribution < 1.29 is 22.7 Å². The van der Waals surface area contributed by atoms with Crippen molar-refractivity contribution in [3.63, 3.8) is 0 Å². The summed E-state index contributed by atoms with van der Waals surface area (Å²) < 4.78 is 44.3. The van der Waals surface area contributed by atoms with Crippen molar-refractivity contribution in [3.8, 4) is 5.75 Å². The highest BCUT2D eigenvalue weighted by atomic mass is 79.9. The van der Waals surface area contributed by atoms with Crippen LogP contribution in [0.5, 0.6) is 5.75 Å². The molecule has 1 atom stereocenters. The van der Waals surface area contributed by atoms with Crippen LogP contribution in [0.15, 0.2) is 22.7 Å². The molecule has 1 fully saturated rings. The maximum Gasteiger partial charge on any atom is 0.391 e. The van der Waals surface area contributed by atoms with Crippen LogP contribution in [-0.2, 0) is 0 Å². The number of amides is 1. The quantitative estimate of drug-likeness (QED) is 0.760. The maximum absolute atomic E-state index is 12.7. The smallest absolute Gasteiger partial charge is 0.391 e. The fourth-order valence-electron chi connectivity index (χ4n) is 2.36. The normalized spacial score (nSPS) is 16.3. The van der Waals surface area contributed by atoms with Gasteiger partial charge in [0.05, 0.1) is 18.1 Å². The van der Waals surface area contributed by atoms with Crippen molar-refractivity contribution in [2.24, 2.45) is 5.92 Å². The van der Waals surface area contributed by atoms with Gasteiger partial charge in [-0.15, -0.1) is 0 Å². The summed E-state index contributed by atoms with van der Waals surface area (Å²) in [6.45, 7) is 3.64. The lowest BCUT2D eigenvalue weighted by Gasteiger charge is -2.21. The summed E-state index contributed by atoms with van der Waals surface area (Å²) in [7, 11) is 0. The number of carbonyl (C=O) groups excluding carboxylic acids is 1. The Morgan fingerprint density at radius 3 is 2.57 bits per heavy atom. The summed E-state index contributed by atoms with van der Waals surface area (Å²) in [6, 6.07) is 3.98. The number of hydrogen-bond acceptors (Lipinski definition) is 2. The molecule has 7 heteroatoms. The Morgan fingerprint density at radius 1 is 1.39 bits per heavy atom. The summed E-state index contributed by atoms with van der Waals surface area (Å²) in [5.74, 6) is -0.270. The molecule has 1 N–H and O–H groups in total. The molecule has 128 valence electrons. The van der Waals surface area contributed by atoms with Crippen LogP contribution in [0.1, 0.15) is 43.5 Å². The van der Waals surface area contributed by atoms with Crippen LogP contribution in [0.4, 0.5) is 13.2 Å². The predicted molar refractivity (Wildman–Crippen MR) is 84.6 cm³/mol. The molecule has 1 aliphatic carbocycles.